The molecule has 1 aromatic carbocycles. The molecule has 0 saturated carbocycles. The molecule has 0 fully saturated rings. The number of hydrogen-bond acceptors (Lipinski definition) is 3. The molecule has 21 heavy (non-hydrogen) atoms. The molecular weight excluding hydrogens is 264 g/mol. The molecule has 0 atom stereocenters. The van der Waals surface area contributed by atoms with Crippen LogP contribution in [-0.4, -0.2) is 39.2 Å². The van der Waals surface area contributed by atoms with Crippen molar-refractivity contribution in [2.45, 2.75) is 6.42 Å². The number of benzene rings is 1. The van der Waals surface area contributed by atoms with E-state index in [2.05, 4.69) is 22.4 Å². The molecule has 0 radical (unpaired) electrons. The molecule has 0 saturated heterocycles. The molecule has 0 N–H and O–H groups in total. The third-order valence-corrected chi connectivity index (χ3v) is 3.47. The number of aromatic nitrogens is 3. The highest BCUT2D eigenvalue weighted by Gasteiger charge is 2.12. The Kier molecular flexibility index (Phi) is 3.64. The molecule has 2 aromatic heterocycles. The van der Waals surface area contributed by atoms with E-state index in [1.165, 1.54) is 5.56 Å². The summed E-state index contributed by atoms with van der Waals surface area (Å²) >= 11 is 0. The summed E-state index contributed by atoms with van der Waals surface area (Å²) in [4.78, 5) is 14.1. The van der Waals surface area contributed by atoms with Crippen LogP contribution in [0.5, 0.6) is 0 Å². The molecule has 3 aromatic rings. The Morgan fingerprint density at radius 2 is 2.00 bits per heavy atom. The Labute approximate surface area is 122 Å². The average molecular weight is 280 g/mol. The van der Waals surface area contributed by atoms with E-state index in [9.17, 15) is 4.79 Å². The van der Waals surface area contributed by atoms with Crippen molar-refractivity contribution in [3.63, 3.8) is 0 Å². The van der Waals surface area contributed by atoms with Gasteiger partial charge in [-0.2, -0.15) is 0 Å². The van der Waals surface area contributed by atoms with Crippen LogP contribution in [0.2, 0.25) is 0 Å². The van der Waals surface area contributed by atoms with E-state index in [0.29, 0.717) is 12.1 Å². The quantitative estimate of drug-likeness (QED) is 0.735. The molecule has 0 aliphatic heterocycles. The van der Waals surface area contributed by atoms with Crippen LogP contribution in [0.4, 0.5) is 0 Å². The van der Waals surface area contributed by atoms with Gasteiger partial charge in [0, 0.05) is 19.8 Å². The summed E-state index contributed by atoms with van der Waals surface area (Å²) in [6, 6.07) is 13.8. The monoisotopic (exact) mass is 280 g/mol. The summed E-state index contributed by atoms with van der Waals surface area (Å²) in [5.74, 6) is -0.0108. The van der Waals surface area contributed by atoms with Gasteiger partial charge in [0.15, 0.2) is 0 Å². The van der Waals surface area contributed by atoms with Gasteiger partial charge in [0.2, 0.25) is 0 Å². The number of likely N-dealkylation sites (N-methyl/N-ethyl adjacent to an activating group) is 1. The summed E-state index contributed by atoms with van der Waals surface area (Å²) in [6.07, 6.45) is 4.21. The molecule has 0 spiro atoms. The van der Waals surface area contributed by atoms with Gasteiger partial charge in [0.05, 0.1) is 17.3 Å². The second kappa shape index (κ2) is 5.75. The van der Waals surface area contributed by atoms with Crippen molar-refractivity contribution in [1.29, 1.82) is 0 Å². The number of amides is 1. The van der Waals surface area contributed by atoms with Crippen molar-refractivity contribution in [2.24, 2.45) is 0 Å². The Hall–Kier alpha value is -2.69. The number of hydrogen-bond donors (Lipinski definition) is 0. The lowest BCUT2D eigenvalue weighted by molar-refractivity contribution is 0.0796. The zero-order valence-electron chi connectivity index (χ0n) is 11.8. The van der Waals surface area contributed by atoms with Crippen LogP contribution in [0.1, 0.15) is 15.9 Å². The van der Waals surface area contributed by atoms with Crippen LogP contribution in [-0.2, 0) is 6.42 Å². The first-order chi connectivity index (χ1) is 10.2. The first-order valence-corrected chi connectivity index (χ1v) is 6.83. The van der Waals surface area contributed by atoms with Crippen LogP contribution >= 0.6 is 0 Å². The van der Waals surface area contributed by atoms with Crippen molar-refractivity contribution >= 4 is 11.4 Å². The third-order valence-electron chi connectivity index (χ3n) is 3.47. The minimum Gasteiger partial charge on any atom is -0.341 e. The summed E-state index contributed by atoms with van der Waals surface area (Å²) in [6.45, 7) is 0.679. The summed E-state index contributed by atoms with van der Waals surface area (Å²) in [5, 5.41) is 7.72. The average Bonchev–Trinajstić information content (AvgIpc) is 3.00. The summed E-state index contributed by atoms with van der Waals surface area (Å²) in [5.41, 5.74) is 2.71. The number of carbonyl (C=O) groups is 1. The second-order valence-corrected chi connectivity index (χ2v) is 4.98. The van der Waals surface area contributed by atoms with E-state index in [4.69, 9.17) is 0 Å². The smallest absolute Gasteiger partial charge is 0.255 e. The third kappa shape index (κ3) is 2.91. The fraction of sp³-hybridized carbons (Fsp3) is 0.188. The van der Waals surface area contributed by atoms with Gasteiger partial charge >= 0.3 is 0 Å². The van der Waals surface area contributed by atoms with Gasteiger partial charge in [0.1, 0.15) is 0 Å². The second-order valence-electron chi connectivity index (χ2n) is 4.98. The molecule has 106 valence electrons. The van der Waals surface area contributed by atoms with E-state index >= 15 is 0 Å². The lowest BCUT2D eigenvalue weighted by Crippen LogP contribution is -2.29. The SMILES string of the molecule is CN(CCc1ccccc1)C(=O)c1ccc2cnnn2c1. The van der Waals surface area contributed by atoms with Crippen molar-refractivity contribution in [3.8, 4) is 0 Å². The number of rotatable bonds is 4. The highest BCUT2D eigenvalue weighted by molar-refractivity contribution is 5.94. The molecule has 2 heterocycles. The van der Waals surface area contributed by atoms with Crippen LogP contribution in [0.3, 0.4) is 0 Å². The van der Waals surface area contributed by atoms with Gasteiger partial charge in [-0.05, 0) is 24.1 Å². The maximum atomic E-state index is 12.4. The van der Waals surface area contributed by atoms with Crippen molar-refractivity contribution in [1.82, 2.24) is 19.7 Å². The Morgan fingerprint density at radius 1 is 1.19 bits per heavy atom. The predicted octanol–water partition coefficient (Wildman–Crippen LogP) is 2.04. The Morgan fingerprint density at radius 3 is 2.81 bits per heavy atom. The number of fused-ring (bicyclic) bond motifs is 1. The van der Waals surface area contributed by atoms with Crippen LogP contribution in [0.25, 0.3) is 5.52 Å². The highest BCUT2D eigenvalue weighted by atomic mass is 16.2. The van der Waals surface area contributed by atoms with Crippen molar-refractivity contribution in [2.75, 3.05) is 13.6 Å². The predicted molar refractivity (Wildman–Crippen MR) is 80.1 cm³/mol. The maximum Gasteiger partial charge on any atom is 0.255 e. The van der Waals surface area contributed by atoms with Gasteiger partial charge in [-0.25, -0.2) is 4.52 Å². The lowest BCUT2D eigenvalue weighted by atomic mass is 10.1. The lowest BCUT2D eigenvalue weighted by Gasteiger charge is -2.17. The molecule has 0 unspecified atom stereocenters. The number of carbonyl (C=O) groups excluding carboxylic acids is 1. The maximum absolute atomic E-state index is 12.4. The zero-order valence-corrected chi connectivity index (χ0v) is 11.8. The van der Waals surface area contributed by atoms with Crippen molar-refractivity contribution < 1.29 is 4.79 Å². The fourth-order valence-corrected chi connectivity index (χ4v) is 2.21. The van der Waals surface area contributed by atoms with E-state index in [-0.39, 0.29) is 5.91 Å². The van der Waals surface area contributed by atoms with Gasteiger partial charge in [-0.3, -0.25) is 4.79 Å². The Bertz CT molecular complexity index is 751. The molecule has 0 aliphatic rings. The molecule has 3 rings (SSSR count). The normalized spacial score (nSPS) is 10.7. The minimum absolute atomic E-state index is 0.0108. The summed E-state index contributed by atoms with van der Waals surface area (Å²) < 4.78 is 1.61. The molecule has 0 aliphatic carbocycles. The number of nitrogens with zero attached hydrogens (tertiary/aromatic N) is 4. The van der Waals surface area contributed by atoms with Gasteiger partial charge in [-0.1, -0.05) is 35.5 Å². The Balaban J connectivity index is 1.69. The minimum atomic E-state index is -0.0108. The molecule has 5 nitrogen and oxygen atoms in total. The molecule has 1 amide bonds. The van der Waals surface area contributed by atoms with E-state index < -0.39 is 0 Å². The van der Waals surface area contributed by atoms with E-state index in [0.717, 1.165) is 11.9 Å². The van der Waals surface area contributed by atoms with E-state index in [1.54, 1.807) is 27.9 Å². The standard InChI is InChI=1S/C16H16N4O/c1-19(10-9-13-5-3-2-4-6-13)16(21)14-7-8-15-11-17-18-20(15)12-14/h2-8,11-12H,9-10H2,1H3. The number of pyridine rings is 1. The van der Waals surface area contributed by atoms with Crippen LogP contribution < -0.4 is 0 Å². The molecular formula is C16H16N4O. The fourth-order valence-electron chi connectivity index (χ4n) is 2.21. The van der Waals surface area contributed by atoms with Crippen LogP contribution in [0, 0.1) is 0 Å². The zero-order chi connectivity index (χ0) is 14.7. The highest BCUT2D eigenvalue weighted by Crippen LogP contribution is 2.08. The van der Waals surface area contributed by atoms with E-state index in [1.807, 2.05) is 31.3 Å². The molecule has 5 heteroatoms. The van der Waals surface area contributed by atoms with Gasteiger partial charge in [-0.15, -0.1) is 5.10 Å². The first kappa shape index (κ1) is 13.3. The van der Waals surface area contributed by atoms with Gasteiger partial charge in [0.25, 0.3) is 5.91 Å². The van der Waals surface area contributed by atoms with Gasteiger partial charge < -0.3 is 4.90 Å². The first-order valence-electron chi connectivity index (χ1n) is 6.83. The van der Waals surface area contributed by atoms with Crippen molar-refractivity contribution in [3.05, 3.63) is 66.0 Å². The topological polar surface area (TPSA) is 50.5 Å². The summed E-state index contributed by atoms with van der Waals surface area (Å²) in [7, 11) is 1.82. The van der Waals surface area contributed by atoms with Crippen LogP contribution in [0.15, 0.2) is 54.9 Å². The molecule has 0 bridgehead atoms. The largest absolute Gasteiger partial charge is 0.341 e.